The first-order valence-electron chi connectivity index (χ1n) is 12.3. The van der Waals surface area contributed by atoms with Gasteiger partial charge in [-0.05, 0) is 68.4 Å². The van der Waals surface area contributed by atoms with Crippen LogP contribution in [0.25, 0.3) is 0 Å². The van der Waals surface area contributed by atoms with E-state index in [-0.39, 0.29) is 40.9 Å². The van der Waals surface area contributed by atoms with Gasteiger partial charge in [0.05, 0.1) is 23.2 Å². The van der Waals surface area contributed by atoms with Crippen LogP contribution in [-0.4, -0.2) is 50.0 Å². The lowest BCUT2D eigenvalue weighted by molar-refractivity contribution is -0.146. The smallest absolute Gasteiger partial charge is 0.336 e. The minimum atomic E-state index is -3.97. The van der Waals surface area contributed by atoms with E-state index in [1.807, 2.05) is 13.8 Å². The van der Waals surface area contributed by atoms with Gasteiger partial charge in [0.25, 0.3) is 10.1 Å². The van der Waals surface area contributed by atoms with E-state index in [2.05, 4.69) is 13.5 Å². The number of hydrogen-bond donors (Lipinski definition) is 2. The van der Waals surface area contributed by atoms with Gasteiger partial charge in [0.1, 0.15) is 12.7 Å². The molecule has 3 fully saturated rings. The van der Waals surface area contributed by atoms with Crippen molar-refractivity contribution >= 4 is 16.1 Å². The monoisotopic (exact) mass is 504 g/mol. The largest absolute Gasteiger partial charge is 0.459 e. The number of fused-ring (bicyclic) bond motifs is 1. The topological polar surface area (TPSA) is 110 Å². The zero-order chi connectivity index (χ0) is 25.6. The summed E-state index contributed by atoms with van der Waals surface area (Å²) in [6.07, 6.45) is 3.46. The summed E-state index contributed by atoms with van der Waals surface area (Å²) in [6.45, 7) is 10.2. The molecule has 8 heteroatoms. The maximum atomic E-state index is 12.9. The summed E-state index contributed by atoms with van der Waals surface area (Å²) in [5.41, 5.74) is 1.27. The van der Waals surface area contributed by atoms with Gasteiger partial charge in [0.15, 0.2) is 0 Å². The third kappa shape index (κ3) is 4.73. The Bertz CT molecular complexity index is 1120. The molecule has 2 aliphatic carbocycles. The summed E-state index contributed by atoms with van der Waals surface area (Å²) in [7, 11) is -3.97. The number of ether oxygens (including phenoxy) is 1. The Kier molecular flexibility index (Phi) is 7.05. The van der Waals surface area contributed by atoms with E-state index < -0.39 is 33.7 Å². The highest BCUT2D eigenvalue weighted by molar-refractivity contribution is 7.86. The average Bonchev–Trinajstić information content (AvgIpc) is 3.12. The van der Waals surface area contributed by atoms with Gasteiger partial charge in [-0.25, -0.2) is 4.79 Å². The molecular formula is C27H36O7S. The summed E-state index contributed by atoms with van der Waals surface area (Å²) in [5.74, 6) is -0.476. The molecule has 0 unspecified atom stereocenters. The summed E-state index contributed by atoms with van der Waals surface area (Å²) in [6, 6.07) is 6.52. The summed E-state index contributed by atoms with van der Waals surface area (Å²) < 4.78 is 36.3. The van der Waals surface area contributed by atoms with Gasteiger partial charge in [0.2, 0.25) is 0 Å². The van der Waals surface area contributed by atoms with Gasteiger partial charge in [0, 0.05) is 5.41 Å². The molecule has 1 heterocycles. The second-order valence-corrected chi connectivity index (χ2v) is 12.5. The first-order valence-corrected chi connectivity index (χ1v) is 13.7. The predicted octanol–water partition coefficient (Wildman–Crippen LogP) is 3.68. The van der Waals surface area contributed by atoms with Gasteiger partial charge in [-0.3, -0.25) is 4.18 Å². The molecular weight excluding hydrogens is 468 g/mol. The lowest BCUT2D eigenvalue weighted by atomic mass is 9.46. The molecule has 4 rings (SSSR count). The number of rotatable bonds is 6. The fourth-order valence-corrected chi connectivity index (χ4v) is 7.54. The first-order chi connectivity index (χ1) is 16.4. The normalized spacial score (nSPS) is 36.8. The van der Waals surface area contributed by atoms with Gasteiger partial charge in [-0.15, -0.1) is 0 Å². The highest BCUT2D eigenvalue weighted by atomic mass is 32.2. The molecule has 0 amide bonds. The first kappa shape index (κ1) is 26.1. The van der Waals surface area contributed by atoms with Crippen LogP contribution in [0.2, 0.25) is 0 Å². The molecule has 1 saturated heterocycles. The SMILES string of the molecule is C=C1CC[C@@H]2[C@](C)(COS(=O)(=O)c3ccc(C)cc3)[C@H](O)CC[C@@]2(C)[C@@H]1C/C=C1/C(=O)OC[C@H]1O. The number of aliphatic hydroxyl groups is 2. The van der Waals surface area contributed by atoms with E-state index in [9.17, 15) is 23.4 Å². The molecule has 6 atom stereocenters. The molecule has 2 N–H and O–H groups in total. The molecule has 0 radical (unpaired) electrons. The molecule has 1 aliphatic heterocycles. The Morgan fingerprint density at radius 1 is 1.20 bits per heavy atom. The third-order valence-corrected chi connectivity index (χ3v) is 10.0. The Labute approximate surface area is 208 Å². The van der Waals surface area contributed by atoms with E-state index >= 15 is 0 Å². The number of aryl methyl sites for hydroxylation is 1. The standard InChI is InChI=1S/C27H36O7S/c1-17-5-8-19(9-6-17)35(31,32)34-16-27(4)23-12-7-18(2)21(26(23,3)14-13-24(27)29)11-10-20-22(28)15-33-25(20)30/h5-6,8-10,21-24,28-29H,2,7,11-16H2,1,3-4H3/b20-10+/t21-,22-,23+,24-,26+,27+/m1/s1. The van der Waals surface area contributed by atoms with Gasteiger partial charge >= 0.3 is 5.97 Å². The Hall–Kier alpha value is -2.00. The van der Waals surface area contributed by atoms with Crippen LogP contribution in [0.1, 0.15) is 51.5 Å². The Morgan fingerprint density at radius 3 is 2.51 bits per heavy atom. The number of cyclic esters (lactones) is 1. The van der Waals surface area contributed by atoms with Gasteiger partial charge in [-0.1, -0.05) is 49.8 Å². The van der Waals surface area contributed by atoms with Crippen LogP contribution >= 0.6 is 0 Å². The molecule has 0 aromatic heterocycles. The van der Waals surface area contributed by atoms with E-state index in [0.717, 1.165) is 30.4 Å². The van der Waals surface area contributed by atoms with E-state index in [4.69, 9.17) is 8.92 Å². The molecule has 0 spiro atoms. The van der Waals surface area contributed by atoms with Gasteiger partial charge in [-0.2, -0.15) is 8.42 Å². The number of carbonyl (C=O) groups excluding carboxylic acids is 1. The molecule has 7 nitrogen and oxygen atoms in total. The lowest BCUT2D eigenvalue weighted by Crippen LogP contribution is -2.57. The quantitative estimate of drug-likeness (QED) is 0.263. The number of allylic oxidation sites excluding steroid dienone is 2. The molecule has 3 aliphatic rings. The maximum Gasteiger partial charge on any atom is 0.336 e. The number of esters is 1. The minimum Gasteiger partial charge on any atom is -0.459 e. The van der Waals surface area contributed by atoms with E-state index in [1.165, 1.54) is 12.1 Å². The van der Waals surface area contributed by atoms with Crippen molar-refractivity contribution in [2.45, 2.75) is 70.0 Å². The van der Waals surface area contributed by atoms with E-state index in [0.29, 0.717) is 12.8 Å². The Balaban J connectivity index is 1.58. The van der Waals surface area contributed by atoms with Crippen LogP contribution in [0.15, 0.2) is 53.0 Å². The third-order valence-electron chi connectivity index (χ3n) is 8.73. The van der Waals surface area contributed by atoms with Crippen molar-refractivity contribution in [1.82, 2.24) is 0 Å². The summed E-state index contributed by atoms with van der Waals surface area (Å²) in [4.78, 5) is 12.1. The van der Waals surface area contributed by atoms with Crippen LogP contribution in [-0.2, 0) is 23.8 Å². The van der Waals surface area contributed by atoms with E-state index in [1.54, 1.807) is 18.2 Å². The molecule has 1 aromatic rings. The van der Waals surface area contributed by atoms with Crippen molar-refractivity contribution in [2.75, 3.05) is 13.2 Å². The molecule has 1 aromatic carbocycles. The van der Waals surface area contributed by atoms with Crippen LogP contribution in [0, 0.1) is 29.6 Å². The molecule has 0 bridgehead atoms. The number of aliphatic hydroxyl groups excluding tert-OH is 2. The highest BCUT2D eigenvalue weighted by Crippen LogP contribution is 2.62. The zero-order valence-electron chi connectivity index (χ0n) is 20.7. The van der Waals surface area contributed by atoms with Crippen molar-refractivity contribution < 1.29 is 32.3 Å². The maximum absolute atomic E-state index is 12.9. The van der Waals surface area contributed by atoms with Crippen molar-refractivity contribution in [3.63, 3.8) is 0 Å². The summed E-state index contributed by atoms with van der Waals surface area (Å²) in [5, 5.41) is 21.2. The average molecular weight is 505 g/mol. The molecule has 35 heavy (non-hydrogen) atoms. The van der Waals surface area contributed by atoms with Crippen molar-refractivity contribution in [2.24, 2.45) is 22.7 Å². The van der Waals surface area contributed by atoms with Crippen LogP contribution in [0.5, 0.6) is 0 Å². The zero-order valence-corrected chi connectivity index (χ0v) is 21.5. The molecule has 192 valence electrons. The fraction of sp³-hybridized carbons (Fsp3) is 0.593. The molecule has 2 saturated carbocycles. The van der Waals surface area contributed by atoms with Crippen molar-refractivity contribution in [3.05, 3.63) is 53.6 Å². The highest BCUT2D eigenvalue weighted by Gasteiger charge is 2.58. The van der Waals surface area contributed by atoms with Gasteiger partial charge < -0.3 is 14.9 Å². The minimum absolute atomic E-state index is 0.0127. The fourth-order valence-electron chi connectivity index (χ4n) is 6.52. The van der Waals surface area contributed by atoms with Crippen LogP contribution < -0.4 is 0 Å². The number of benzene rings is 1. The van der Waals surface area contributed by atoms with Crippen LogP contribution in [0.4, 0.5) is 0 Å². The number of hydrogen-bond acceptors (Lipinski definition) is 7. The Morgan fingerprint density at radius 2 is 1.89 bits per heavy atom. The number of carbonyl (C=O) groups is 1. The van der Waals surface area contributed by atoms with Crippen LogP contribution in [0.3, 0.4) is 0 Å². The summed E-state index contributed by atoms with van der Waals surface area (Å²) >= 11 is 0. The lowest BCUT2D eigenvalue weighted by Gasteiger charge is -2.60. The second kappa shape index (κ2) is 9.47. The predicted molar refractivity (Wildman–Crippen MR) is 131 cm³/mol. The second-order valence-electron chi connectivity index (χ2n) is 10.9. The van der Waals surface area contributed by atoms with Crippen molar-refractivity contribution in [3.8, 4) is 0 Å². The van der Waals surface area contributed by atoms with Crippen molar-refractivity contribution in [1.29, 1.82) is 0 Å².